The lowest BCUT2D eigenvalue weighted by Crippen LogP contribution is -2.26. The number of allylic oxidation sites excluding steroid dienone is 2. The molecule has 6 aliphatic carbocycles. The number of aryl methyl sites for hydroxylation is 12. The quantitative estimate of drug-likeness (QED) is 0.0965. The number of sulfone groups is 2. The van der Waals surface area contributed by atoms with Gasteiger partial charge in [0.05, 0.1) is 25.0 Å². The maximum absolute atomic E-state index is 14.0. The molecule has 0 radical (unpaired) electrons. The predicted molar refractivity (Wildman–Crippen MR) is 545 cm³/mol. The molecule has 0 saturated heterocycles. The van der Waals surface area contributed by atoms with Gasteiger partial charge in [-0.3, -0.25) is 19.2 Å². The molecule has 0 saturated carbocycles. The number of hydrogen-bond acceptors (Lipinski definition) is 8. The summed E-state index contributed by atoms with van der Waals surface area (Å²) < 4.78 is 56.0. The Kier molecular flexibility index (Phi) is 23.2. The fourth-order valence-electron chi connectivity index (χ4n) is 19.8. The standard InChI is InChI=1S/C39H28O4S2.C18H16.C17H14O.C17H16.C16H12O2.C16H14O/c1-25-11-15-27(16-12-25)44(40,41)29-19-21-33-34-22-20-30(45(42,43)28-17-13-26(2)14-18-28)24-38(34)39(37(33)23-29)35-9-5-3-7-31(35)32-8-4-6-10-36(32)39;1-11-5-7-15-16-8-6-12(2)10-18(16)14(4)13(3)17(15)9-11;1-10-4-6-13-14-7-5-11(2)9-16(14)17(18)12(3)15(13)8-10;1-11-4-6-15-14(8-11)10-13(3)17-9-12(2)5-7-16(15)17;1-9-3-5-11-12-6-4-10(2)8-14(12)16(18)15(17)13(11)7-9;1-10-3-5-13-12(7-10)9-16(17)15-8-11(2)4-6-14(13)15/h3-24H,1-2H3;5-10H,3-4H2,1-2H3;4-9H,3H2,1-2H3;4-9H,3,10H2,1-2H3;3-8H,1-2H3;3-8H,9H2,1-2H3. The van der Waals surface area contributed by atoms with E-state index in [0.29, 0.717) is 23.1 Å². The van der Waals surface area contributed by atoms with Gasteiger partial charge in [-0.25, -0.2) is 16.8 Å². The summed E-state index contributed by atoms with van der Waals surface area (Å²) in [4.78, 5) is 49.5. The van der Waals surface area contributed by atoms with Crippen molar-refractivity contribution >= 4 is 88.7 Å². The van der Waals surface area contributed by atoms with E-state index in [-0.39, 0.29) is 31.1 Å². The van der Waals surface area contributed by atoms with Crippen molar-refractivity contribution < 1.29 is 36.0 Å². The van der Waals surface area contributed by atoms with Crippen molar-refractivity contribution in [3.63, 3.8) is 0 Å². The van der Waals surface area contributed by atoms with E-state index in [1.807, 2.05) is 139 Å². The zero-order valence-electron chi connectivity index (χ0n) is 76.8. The summed E-state index contributed by atoms with van der Waals surface area (Å²) in [6.07, 6.45) is 1.51. The van der Waals surface area contributed by atoms with E-state index in [4.69, 9.17) is 0 Å². The Bertz CT molecular complexity index is 7660. The molecule has 17 aromatic rings. The summed E-state index contributed by atoms with van der Waals surface area (Å²) >= 11 is 0. The number of ketones is 4. The molecule has 0 bridgehead atoms. The fourth-order valence-corrected chi connectivity index (χ4v) is 22.4. The van der Waals surface area contributed by atoms with Crippen LogP contribution in [-0.4, -0.2) is 40.0 Å². The highest BCUT2D eigenvalue weighted by Crippen LogP contribution is 2.64. The summed E-state index contributed by atoms with van der Waals surface area (Å²) in [6, 6.07) is 103. The van der Waals surface area contributed by atoms with Gasteiger partial charge in [0.25, 0.3) is 0 Å². The molecule has 17 aromatic carbocycles. The monoisotopic (exact) mass is 1770 g/mol. The maximum Gasteiger partial charge on any atom is 0.234 e. The Labute approximate surface area is 779 Å². The number of carbonyl (C=O) groups excluding carboxylic acids is 4. The Morgan fingerprint density at radius 3 is 0.902 bits per heavy atom. The van der Waals surface area contributed by atoms with Crippen LogP contribution in [-0.2, 0) is 37.9 Å². The lowest BCUT2D eigenvalue weighted by molar-refractivity contribution is 0.0815. The third-order valence-electron chi connectivity index (χ3n) is 26.7. The number of hydrogen-bond donors (Lipinski definition) is 0. The highest BCUT2D eigenvalue weighted by molar-refractivity contribution is 7.91. The van der Waals surface area contributed by atoms with Crippen molar-refractivity contribution in [1.29, 1.82) is 0 Å². The first-order valence-corrected chi connectivity index (χ1v) is 47.7. The molecule has 0 unspecified atom stereocenters. The van der Waals surface area contributed by atoms with Crippen LogP contribution in [0, 0.1) is 83.1 Å². The molecule has 0 fully saturated rings. The first-order chi connectivity index (χ1) is 63.7. The van der Waals surface area contributed by atoms with Crippen LogP contribution in [0.2, 0.25) is 0 Å². The molecule has 6 aliphatic rings. The summed E-state index contributed by atoms with van der Waals surface area (Å²) in [7, 11) is -7.66. The Morgan fingerprint density at radius 1 is 0.218 bits per heavy atom. The minimum atomic E-state index is -3.83. The van der Waals surface area contributed by atoms with Gasteiger partial charge >= 0.3 is 0 Å². The van der Waals surface area contributed by atoms with Crippen LogP contribution in [0.15, 0.2) is 348 Å². The molecule has 0 aromatic heterocycles. The first kappa shape index (κ1) is 88.7. The molecular formula is C123H100O8S2. The van der Waals surface area contributed by atoms with Gasteiger partial charge in [0.15, 0.2) is 11.6 Å². The van der Waals surface area contributed by atoms with Gasteiger partial charge in [-0.1, -0.05) is 336 Å². The topological polar surface area (TPSA) is 137 Å². The van der Waals surface area contributed by atoms with Gasteiger partial charge in [0.1, 0.15) is 0 Å². The molecule has 0 aliphatic heterocycles. The number of benzene rings is 17. The summed E-state index contributed by atoms with van der Waals surface area (Å²) in [5.41, 5.74) is 38.6. The van der Waals surface area contributed by atoms with Crippen LogP contribution in [0.4, 0.5) is 0 Å². The second-order valence-electron chi connectivity index (χ2n) is 36.4. The van der Waals surface area contributed by atoms with E-state index in [2.05, 4.69) is 200 Å². The smallest absolute Gasteiger partial charge is 0.234 e. The van der Waals surface area contributed by atoms with Crippen molar-refractivity contribution in [3.8, 4) is 66.8 Å². The second kappa shape index (κ2) is 34.7. The third kappa shape index (κ3) is 16.0. The van der Waals surface area contributed by atoms with Crippen molar-refractivity contribution in [3.05, 3.63) is 473 Å². The van der Waals surface area contributed by atoms with Gasteiger partial charge in [-0.15, -0.1) is 0 Å². The number of Topliss-reactive ketones (excluding diaryl/α,β-unsaturated/α-hetero) is 4. The average Bonchev–Trinajstić information content (AvgIpc) is 1.50. The molecule has 0 N–H and O–H groups in total. The normalized spacial score (nSPS) is 13.2. The zero-order chi connectivity index (χ0) is 93.7. The van der Waals surface area contributed by atoms with Gasteiger partial charge in [0.2, 0.25) is 31.2 Å². The van der Waals surface area contributed by atoms with Crippen LogP contribution in [0.3, 0.4) is 0 Å². The van der Waals surface area contributed by atoms with E-state index in [9.17, 15) is 36.0 Å². The lowest BCUT2D eigenvalue weighted by atomic mass is 9.70. The van der Waals surface area contributed by atoms with Crippen LogP contribution in [0.1, 0.15) is 153 Å². The van der Waals surface area contributed by atoms with Crippen LogP contribution in [0.5, 0.6) is 0 Å². The Balaban J connectivity index is 0.000000114. The van der Waals surface area contributed by atoms with E-state index in [1.54, 1.807) is 84.9 Å². The van der Waals surface area contributed by atoms with Crippen molar-refractivity contribution in [2.24, 2.45) is 0 Å². The van der Waals surface area contributed by atoms with Crippen molar-refractivity contribution in [1.82, 2.24) is 0 Å². The van der Waals surface area contributed by atoms with E-state index in [1.165, 1.54) is 82.8 Å². The lowest BCUT2D eigenvalue weighted by Gasteiger charge is -2.31. The highest BCUT2D eigenvalue weighted by atomic mass is 32.2. The molecule has 652 valence electrons. The molecule has 10 heteroatoms. The molecule has 0 atom stereocenters. The van der Waals surface area contributed by atoms with Crippen LogP contribution >= 0.6 is 0 Å². The fraction of sp³-hybridized carbons (Fsp3) is 0.122. The molecule has 23 rings (SSSR count). The molecule has 133 heavy (non-hydrogen) atoms. The van der Waals surface area contributed by atoms with Crippen molar-refractivity contribution in [2.45, 2.75) is 121 Å². The Morgan fingerprint density at radius 2 is 0.496 bits per heavy atom. The number of carbonyl (C=O) groups is 4. The highest BCUT2D eigenvalue weighted by Gasteiger charge is 2.52. The van der Waals surface area contributed by atoms with E-state index >= 15 is 0 Å². The third-order valence-corrected chi connectivity index (χ3v) is 30.2. The molecular weight excluding hydrogens is 1670 g/mol. The predicted octanol–water partition coefficient (Wildman–Crippen LogP) is 27.5. The van der Waals surface area contributed by atoms with Gasteiger partial charge < -0.3 is 0 Å². The minimum Gasteiger partial charge on any atom is -0.294 e. The van der Waals surface area contributed by atoms with E-state index in [0.717, 1.165) is 150 Å². The Hall–Kier alpha value is -14.9. The number of fused-ring (bicyclic) bond motifs is 25. The van der Waals surface area contributed by atoms with Gasteiger partial charge in [0, 0.05) is 34.2 Å². The zero-order valence-corrected chi connectivity index (χ0v) is 78.5. The van der Waals surface area contributed by atoms with Crippen LogP contribution in [0.25, 0.3) is 113 Å². The number of rotatable bonds is 4. The average molecular weight is 1770 g/mol. The van der Waals surface area contributed by atoms with Crippen LogP contribution < -0.4 is 10.4 Å². The maximum atomic E-state index is 14.0. The first-order valence-electron chi connectivity index (χ1n) is 44.8. The summed E-state index contributed by atoms with van der Waals surface area (Å²) in [5, 5.41) is 7.08. The van der Waals surface area contributed by atoms with Gasteiger partial charge in [-0.2, -0.15) is 0 Å². The molecule has 0 heterocycles. The summed E-state index contributed by atoms with van der Waals surface area (Å²) in [5.74, 6) is -0.507. The second-order valence-corrected chi connectivity index (χ2v) is 40.3. The molecule has 8 nitrogen and oxygen atoms in total. The summed E-state index contributed by atoms with van der Waals surface area (Å²) in [6.45, 7) is 40.9. The molecule has 1 spiro atoms. The van der Waals surface area contributed by atoms with Crippen molar-refractivity contribution in [2.75, 3.05) is 0 Å². The van der Waals surface area contributed by atoms with E-state index < -0.39 is 36.7 Å². The SMILES string of the molecule is C=C1C(=O)c2cc(C)ccc2-c2ccc(C)cc21.C=C1Cc2cc(C)ccc2-c2ccc(C)cc21.C=c1c(=C)c2cc(C)ccc2c2ccc(C)cc12.Cc1ccc(S(=O)(=O)c2ccc3c(c2)C2(c4ccccc4-c4ccccc42)c2cc(S(=O)(=O)c4ccc(C)cc4)ccc2-3)cc1.Cc1ccc2c(c1)C(=O)C(=O)c1cc(C)ccc1-2.Cc1ccc2c(c1)CC(=O)c1cc(C)ccc1-2. The van der Waals surface area contributed by atoms with Gasteiger partial charge in [-0.05, 0) is 311 Å². The molecule has 0 amide bonds. The minimum absolute atomic E-state index is 0.0480. The largest absolute Gasteiger partial charge is 0.294 e.